The molecule has 1 heterocycles. The fourth-order valence-corrected chi connectivity index (χ4v) is 2.92. The zero-order chi connectivity index (χ0) is 17.1. The predicted octanol–water partition coefficient (Wildman–Crippen LogP) is 4.39. The van der Waals surface area contributed by atoms with Gasteiger partial charge in [-0.2, -0.15) is 5.10 Å². The second kappa shape index (κ2) is 7.07. The molecule has 3 rings (SSSR count). The first-order valence-electron chi connectivity index (χ1n) is 7.87. The van der Waals surface area contributed by atoms with E-state index in [4.69, 9.17) is 11.6 Å². The van der Waals surface area contributed by atoms with Crippen LogP contribution in [-0.2, 0) is 6.54 Å². The van der Waals surface area contributed by atoms with Gasteiger partial charge in [-0.1, -0.05) is 35.9 Å². The van der Waals surface area contributed by atoms with Crippen LogP contribution in [0.25, 0.3) is 5.69 Å². The molecule has 2 aromatic carbocycles. The van der Waals surface area contributed by atoms with E-state index in [1.807, 2.05) is 47.3 Å². The number of aromatic nitrogens is 2. The Balaban J connectivity index is 1.72. The molecule has 0 aliphatic heterocycles. The Labute approximate surface area is 146 Å². The third-order valence-electron chi connectivity index (χ3n) is 4.14. The SMILES string of the molecule is Cc1c(C(C)NCc2ccc(O)c(Cl)c2)cnn1-c1ccccc1. The van der Waals surface area contributed by atoms with E-state index in [2.05, 4.69) is 24.3 Å². The zero-order valence-corrected chi connectivity index (χ0v) is 14.5. The van der Waals surface area contributed by atoms with Gasteiger partial charge in [-0.05, 0) is 43.7 Å². The smallest absolute Gasteiger partial charge is 0.134 e. The van der Waals surface area contributed by atoms with E-state index in [1.54, 1.807) is 12.1 Å². The molecule has 0 spiro atoms. The van der Waals surface area contributed by atoms with E-state index in [0.29, 0.717) is 11.6 Å². The highest BCUT2D eigenvalue weighted by Crippen LogP contribution is 2.24. The molecule has 5 heteroatoms. The average Bonchev–Trinajstić information content (AvgIpc) is 2.98. The van der Waals surface area contributed by atoms with Crippen molar-refractivity contribution < 1.29 is 5.11 Å². The molecule has 0 aliphatic carbocycles. The summed E-state index contributed by atoms with van der Waals surface area (Å²) in [5.41, 5.74) is 4.35. The Hall–Kier alpha value is -2.30. The lowest BCUT2D eigenvalue weighted by atomic mass is 10.1. The Bertz CT molecular complexity index is 830. The summed E-state index contributed by atoms with van der Waals surface area (Å²) in [6, 6.07) is 15.5. The lowest BCUT2D eigenvalue weighted by molar-refractivity contribution is 0.475. The number of nitrogens with zero attached hydrogens (tertiary/aromatic N) is 2. The van der Waals surface area contributed by atoms with Crippen LogP contribution in [0.2, 0.25) is 5.02 Å². The molecule has 2 N–H and O–H groups in total. The number of phenols is 1. The number of para-hydroxylation sites is 1. The molecule has 4 nitrogen and oxygen atoms in total. The van der Waals surface area contributed by atoms with Crippen molar-refractivity contribution in [2.45, 2.75) is 26.4 Å². The molecular formula is C19H20ClN3O. The van der Waals surface area contributed by atoms with Gasteiger partial charge in [0.15, 0.2) is 0 Å². The summed E-state index contributed by atoms with van der Waals surface area (Å²) >= 11 is 5.95. The molecule has 0 radical (unpaired) electrons. The fourth-order valence-electron chi connectivity index (χ4n) is 2.72. The van der Waals surface area contributed by atoms with E-state index in [9.17, 15) is 5.11 Å². The highest BCUT2D eigenvalue weighted by atomic mass is 35.5. The summed E-state index contributed by atoms with van der Waals surface area (Å²) in [7, 11) is 0. The summed E-state index contributed by atoms with van der Waals surface area (Å²) < 4.78 is 1.95. The summed E-state index contributed by atoms with van der Waals surface area (Å²) in [5.74, 6) is 0.105. The molecule has 24 heavy (non-hydrogen) atoms. The minimum Gasteiger partial charge on any atom is -0.506 e. The number of hydrogen-bond donors (Lipinski definition) is 2. The first-order chi connectivity index (χ1) is 11.6. The maximum atomic E-state index is 9.48. The molecule has 0 fully saturated rings. The fraction of sp³-hybridized carbons (Fsp3) is 0.211. The van der Waals surface area contributed by atoms with Crippen LogP contribution in [-0.4, -0.2) is 14.9 Å². The number of benzene rings is 2. The molecule has 0 aliphatic rings. The van der Waals surface area contributed by atoms with Gasteiger partial charge in [-0.15, -0.1) is 0 Å². The van der Waals surface area contributed by atoms with Crippen LogP contribution in [0, 0.1) is 6.92 Å². The normalized spacial score (nSPS) is 12.3. The van der Waals surface area contributed by atoms with E-state index in [-0.39, 0.29) is 11.8 Å². The van der Waals surface area contributed by atoms with Crippen molar-refractivity contribution in [3.05, 3.63) is 76.6 Å². The van der Waals surface area contributed by atoms with E-state index >= 15 is 0 Å². The third-order valence-corrected chi connectivity index (χ3v) is 4.44. The van der Waals surface area contributed by atoms with Crippen molar-refractivity contribution in [1.82, 2.24) is 15.1 Å². The summed E-state index contributed by atoms with van der Waals surface area (Å²) in [5, 5.41) is 17.8. The molecule has 1 aromatic heterocycles. The number of hydrogen-bond acceptors (Lipinski definition) is 3. The minimum absolute atomic E-state index is 0.105. The van der Waals surface area contributed by atoms with Gasteiger partial charge in [0.05, 0.1) is 16.9 Å². The first-order valence-corrected chi connectivity index (χ1v) is 8.25. The van der Waals surface area contributed by atoms with Gasteiger partial charge in [0.25, 0.3) is 0 Å². The minimum atomic E-state index is 0.105. The Morgan fingerprint density at radius 1 is 1.21 bits per heavy atom. The number of halogens is 1. The molecule has 0 amide bonds. The van der Waals surface area contributed by atoms with Gasteiger partial charge in [-0.3, -0.25) is 0 Å². The Morgan fingerprint density at radius 2 is 1.96 bits per heavy atom. The molecule has 1 unspecified atom stereocenters. The molecule has 0 saturated carbocycles. The summed E-state index contributed by atoms with van der Waals surface area (Å²) in [6.07, 6.45) is 1.91. The van der Waals surface area contributed by atoms with Crippen molar-refractivity contribution in [3.63, 3.8) is 0 Å². The van der Waals surface area contributed by atoms with Crippen LogP contribution >= 0.6 is 11.6 Å². The summed E-state index contributed by atoms with van der Waals surface area (Å²) in [6.45, 7) is 4.85. The highest BCUT2D eigenvalue weighted by molar-refractivity contribution is 6.32. The largest absolute Gasteiger partial charge is 0.506 e. The zero-order valence-electron chi connectivity index (χ0n) is 13.7. The van der Waals surface area contributed by atoms with Gasteiger partial charge in [0.1, 0.15) is 5.75 Å². The van der Waals surface area contributed by atoms with Gasteiger partial charge >= 0.3 is 0 Å². The van der Waals surface area contributed by atoms with Crippen molar-refractivity contribution in [2.24, 2.45) is 0 Å². The molecule has 1 atom stereocenters. The third kappa shape index (κ3) is 3.45. The topological polar surface area (TPSA) is 50.1 Å². The predicted molar refractivity (Wildman–Crippen MR) is 96.7 cm³/mol. The van der Waals surface area contributed by atoms with Gasteiger partial charge < -0.3 is 10.4 Å². The van der Waals surface area contributed by atoms with Gasteiger partial charge in [-0.25, -0.2) is 4.68 Å². The lowest BCUT2D eigenvalue weighted by Gasteiger charge is -2.14. The molecule has 0 saturated heterocycles. The van der Waals surface area contributed by atoms with Crippen LogP contribution in [0.15, 0.2) is 54.7 Å². The van der Waals surface area contributed by atoms with Gasteiger partial charge in [0.2, 0.25) is 0 Å². The van der Waals surface area contributed by atoms with Crippen molar-refractivity contribution in [2.75, 3.05) is 0 Å². The number of phenolic OH excluding ortho intramolecular Hbond substituents is 1. The van der Waals surface area contributed by atoms with Crippen molar-refractivity contribution in [3.8, 4) is 11.4 Å². The van der Waals surface area contributed by atoms with Gasteiger partial charge in [0, 0.05) is 23.8 Å². The standard InChI is InChI=1S/C19H20ClN3O/c1-13(21-11-15-8-9-19(24)18(20)10-15)17-12-22-23(14(17)2)16-6-4-3-5-7-16/h3-10,12-13,21,24H,11H2,1-2H3. The number of aromatic hydroxyl groups is 1. The van der Waals surface area contributed by atoms with E-state index in [1.165, 1.54) is 0 Å². The van der Waals surface area contributed by atoms with Crippen molar-refractivity contribution in [1.29, 1.82) is 0 Å². The molecule has 3 aromatic rings. The Kier molecular flexibility index (Phi) is 4.88. The number of rotatable bonds is 5. The molecular weight excluding hydrogens is 322 g/mol. The van der Waals surface area contributed by atoms with Crippen LogP contribution in [0.5, 0.6) is 5.75 Å². The maximum absolute atomic E-state index is 9.48. The van der Waals surface area contributed by atoms with Crippen LogP contribution in [0.1, 0.15) is 29.8 Å². The van der Waals surface area contributed by atoms with Crippen molar-refractivity contribution >= 4 is 11.6 Å². The maximum Gasteiger partial charge on any atom is 0.134 e. The van der Waals surface area contributed by atoms with Crippen LogP contribution in [0.3, 0.4) is 0 Å². The monoisotopic (exact) mass is 341 g/mol. The van der Waals surface area contributed by atoms with Crippen LogP contribution < -0.4 is 5.32 Å². The Morgan fingerprint density at radius 3 is 2.67 bits per heavy atom. The highest BCUT2D eigenvalue weighted by Gasteiger charge is 2.14. The average molecular weight is 342 g/mol. The second-order valence-corrected chi connectivity index (χ2v) is 6.23. The van der Waals surface area contributed by atoms with Crippen LogP contribution in [0.4, 0.5) is 0 Å². The number of nitrogens with one attached hydrogen (secondary N) is 1. The van der Waals surface area contributed by atoms with E-state index < -0.39 is 0 Å². The first kappa shape index (κ1) is 16.6. The molecule has 124 valence electrons. The second-order valence-electron chi connectivity index (χ2n) is 5.82. The van der Waals surface area contributed by atoms with E-state index in [0.717, 1.165) is 22.5 Å². The lowest BCUT2D eigenvalue weighted by Crippen LogP contribution is -2.18. The summed E-state index contributed by atoms with van der Waals surface area (Å²) in [4.78, 5) is 0. The quantitative estimate of drug-likeness (QED) is 0.723. The molecule has 0 bridgehead atoms.